The standard InChI is InChI=1S/C21H24N4O5/c22-15(26)8-7-14-16-17(19(28)25(18(16)27)10-11-4-3-9-30-11)21(24-14)12-5-1-2-6-13(12)23-20(21)29/h1-2,5-6,11,14,16-17,24H,3-4,7-10H2,(H2,22,26)(H,23,29)/t11-,14-,16-,17-,21-/m0/s1. The molecule has 4 amide bonds. The van der Waals surface area contributed by atoms with Crippen LogP contribution in [-0.2, 0) is 29.5 Å². The Morgan fingerprint density at radius 2 is 2.03 bits per heavy atom. The number of nitrogens with zero attached hydrogens (tertiary/aromatic N) is 1. The second-order valence-electron chi connectivity index (χ2n) is 8.49. The molecule has 0 radical (unpaired) electrons. The summed E-state index contributed by atoms with van der Waals surface area (Å²) in [5.74, 6) is -3.10. The molecule has 3 saturated heterocycles. The molecule has 4 N–H and O–H groups in total. The van der Waals surface area contributed by atoms with Crippen molar-refractivity contribution in [3.63, 3.8) is 0 Å². The molecule has 4 heterocycles. The van der Waals surface area contributed by atoms with Crippen molar-refractivity contribution in [1.29, 1.82) is 0 Å². The summed E-state index contributed by atoms with van der Waals surface area (Å²) in [6, 6.07) is 6.68. The number of para-hydroxylation sites is 1. The molecule has 4 aliphatic heterocycles. The van der Waals surface area contributed by atoms with E-state index in [1.54, 1.807) is 24.3 Å². The van der Waals surface area contributed by atoms with Gasteiger partial charge in [-0.05, 0) is 25.3 Å². The number of nitrogens with two attached hydrogens (primary N) is 1. The lowest BCUT2D eigenvalue weighted by Crippen LogP contribution is -2.53. The van der Waals surface area contributed by atoms with Crippen LogP contribution in [0.2, 0.25) is 0 Å². The molecule has 158 valence electrons. The Kier molecular flexibility index (Phi) is 4.41. The van der Waals surface area contributed by atoms with Crippen molar-refractivity contribution in [1.82, 2.24) is 10.2 Å². The van der Waals surface area contributed by atoms with Crippen LogP contribution in [0.5, 0.6) is 0 Å². The fourth-order valence-corrected chi connectivity index (χ4v) is 5.54. The third-order valence-corrected chi connectivity index (χ3v) is 6.83. The van der Waals surface area contributed by atoms with E-state index in [0.29, 0.717) is 17.9 Å². The Morgan fingerprint density at radius 3 is 2.77 bits per heavy atom. The Labute approximate surface area is 173 Å². The van der Waals surface area contributed by atoms with Gasteiger partial charge in [-0.3, -0.25) is 29.4 Å². The van der Waals surface area contributed by atoms with Gasteiger partial charge in [0.25, 0.3) is 0 Å². The molecule has 5 atom stereocenters. The van der Waals surface area contributed by atoms with E-state index in [1.165, 1.54) is 4.90 Å². The zero-order valence-electron chi connectivity index (χ0n) is 16.4. The Hall–Kier alpha value is -2.78. The maximum absolute atomic E-state index is 13.5. The predicted molar refractivity (Wildman–Crippen MR) is 105 cm³/mol. The molecular formula is C21H24N4O5. The van der Waals surface area contributed by atoms with Gasteiger partial charge in [0.05, 0.1) is 24.5 Å². The molecule has 0 bridgehead atoms. The molecule has 4 aliphatic rings. The maximum atomic E-state index is 13.5. The average molecular weight is 412 g/mol. The van der Waals surface area contributed by atoms with Crippen molar-refractivity contribution in [2.75, 3.05) is 18.5 Å². The average Bonchev–Trinajstić information content (AvgIpc) is 3.46. The topological polar surface area (TPSA) is 131 Å². The second kappa shape index (κ2) is 6.88. The zero-order valence-corrected chi connectivity index (χ0v) is 16.4. The van der Waals surface area contributed by atoms with Gasteiger partial charge in [-0.2, -0.15) is 0 Å². The number of rotatable bonds is 5. The number of hydrogen-bond donors (Lipinski definition) is 3. The normalized spacial score (nSPS) is 34.5. The summed E-state index contributed by atoms with van der Waals surface area (Å²) in [7, 11) is 0. The van der Waals surface area contributed by atoms with Crippen LogP contribution in [-0.4, -0.2) is 53.8 Å². The summed E-state index contributed by atoms with van der Waals surface area (Å²) >= 11 is 0. The van der Waals surface area contributed by atoms with Gasteiger partial charge in [0.1, 0.15) is 5.54 Å². The highest BCUT2D eigenvalue weighted by molar-refractivity contribution is 6.15. The number of carbonyl (C=O) groups is 4. The molecule has 0 aliphatic carbocycles. The zero-order chi connectivity index (χ0) is 21.0. The molecule has 1 spiro atoms. The van der Waals surface area contributed by atoms with Crippen molar-refractivity contribution in [2.45, 2.75) is 43.4 Å². The largest absolute Gasteiger partial charge is 0.376 e. The molecule has 9 heteroatoms. The van der Waals surface area contributed by atoms with Crippen LogP contribution in [0, 0.1) is 11.8 Å². The summed E-state index contributed by atoms with van der Waals surface area (Å²) in [5, 5.41) is 6.14. The molecule has 0 saturated carbocycles. The lowest BCUT2D eigenvalue weighted by atomic mass is 9.76. The summed E-state index contributed by atoms with van der Waals surface area (Å²) in [6.45, 7) is 0.822. The minimum Gasteiger partial charge on any atom is -0.376 e. The van der Waals surface area contributed by atoms with E-state index in [4.69, 9.17) is 10.5 Å². The van der Waals surface area contributed by atoms with Crippen LogP contribution >= 0.6 is 0 Å². The highest BCUT2D eigenvalue weighted by Crippen LogP contribution is 2.53. The van der Waals surface area contributed by atoms with E-state index >= 15 is 0 Å². The monoisotopic (exact) mass is 412 g/mol. The molecule has 0 unspecified atom stereocenters. The van der Waals surface area contributed by atoms with E-state index < -0.39 is 29.3 Å². The highest BCUT2D eigenvalue weighted by atomic mass is 16.5. The van der Waals surface area contributed by atoms with E-state index in [2.05, 4.69) is 10.6 Å². The summed E-state index contributed by atoms with van der Waals surface area (Å²) in [4.78, 5) is 52.8. The second-order valence-corrected chi connectivity index (χ2v) is 8.49. The fraction of sp³-hybridized carbons (Fsp3) is 0.524. The van der Waals surface area contributed by atoms with Crippen LogP contribution < -0.4 is 16.4 Å². The minimum absolute atomic E-state index is 0.0629. The molecule has 1 aromatic rings. The van der Waals surface area contributed by atoms with Gasteiger partial charge in [0.2, 0.25) is 23.6 Å². The van der Waals surface area contributed by atoms with E-state index in [9.17, 15) is 19.2 Å². The maximum Gasteiger partial charge on any atom is 0.250 e. The van der Waals surface area contributed by atoms with E-state index in [0.717, 1.165) is 12.8 Å². The van der Waals surface area contributed by atoms with Gasteiger partial charge in [-0.25, -0.2) is 0 Å². The number of anilines is 1. The molecule has 0 aromatic heterocycles. The van der Waals surface area contributed by atoms with Crippen LogP contribution in [0.4, 0.5) is 5.69 Å². The van der Waals surface area contributed by atoms with Crippen molar-refractivity contribution >= 4 is 29.3 Å². The number of primary amides is 1. The first-order valence-corrected chi connectivity index (χ1v) is 10.4. The first kappa shape index (κ1) is 19.2. The Bertz CT molecular complexity index is 943. The number of fused-ring (bicyclic) bond motifs is 4. The van der Waals surface area contributed by atoms with E-state index in [-0.39, 0.29) is 43.2 Å². The van der Waals surface area contributed by atoms with Crippen LogP contribution in [0.15, 0.2) is 24.3 Å². The quantitative estimate of drug-likeness (QED) is 0.577. The number of likely N-dealkylation sites (tertiary alicyclic amines) is 1. The number of imide groups is 1. The number of amides is 4. The molecule has 1 aromatic carbocycles. The number of ether oxygens (including phenoxy) is 1. The third kappa shape index (κ3) is 2.61. The minimum atomic E-state index is -1.33. The Balaban J connectivity index is 1.55. The first-order chi connectivity index (χ1) is 14.4. The van der Waals surface area contributed by atoms with Gasteiger partial charge >= 0.3 is 0 Å². The summed E-state index contributed by atoms with van der Waals surface area (Å²) < 4.78 is 5.63. The molecule has 9 nitrogen and oxygen atoms in total. The van der Waals surface area contributed by atoms with Gasteiger partial charge < -0.3 is 15.8 Å². The van der Waals surface area contributed by atoms with Crippen LogP contribution in [0.25, 0.3) is 0 Å². The Morgan fingerprint density at radius 1 is 1.23 bits per heavy atom. The van der Waals surface area contributed by atoms with Crippen LogP contribution in [0.3, 0.4) is 0 Å². The van der Waals surface area contributed by atoms with Gasteiger partial charge in [-0.15, -0.1) is 0 Å². The third-order valence-electron chi connectivity index (χ3n) is 6.83. The molecule has 30 heavy (non-hydrogen) atoms. The van der Waals surface area contributed by atoms with Gasteiger partial charge in [0.15, 0.2) is 0 Å². The van der Waals surface area contributed by atoms with Crippen molar-refractivity contribution in [3.05, 3.63) is 29.8 Å². The lowest BCUT2D eigenvalue weighted by Gasteiger charge is -2.30. The number of carbonyl (C=O) groups excluding carboxylic acids is 4. The SMILES string of the molecule is NC(=O)CC[C@@H]1N[C@]2(C(=O)Nc3ccccc32)[C@@H]2C(=O)N(C[C@@H]3CCCO3)C(=O)[C@@H]12. The molecule has 5 rings (SSSR count). The first-order valence-electron chi connectivity index (χ1n) is 10.4. The van der Waals surface area contributed by atoms with Crippen molar-refractivity contribution in [2.24, 2.45) is 17.6 Å². The molecule has 3 fully saturated rings. The smallest absolute Gasteiger partial charge is 0.250 e. The molecular weight excluding hydrogens is 388 g/mol. The number of nitrogens with one attached hydrogen (secondary N) is 2. The highest BCUT2D eigenvalue weighted by Gasteiger charge is 2.70. The summed E-state index contributed by atoms with van der Waals surface area (Å²) in [5.41, 5.74) is 5.28. The van der Waals surface area contributed by atoms with Crippen LogP contribution in [0.1, 0.15) is 31.2 Å². The van der Waals surface area contributed by atoms with E-state index in [1.807, 2.05) is 0 Å². The predicted octanol–water partition coefficient (Wildman–Crippen LogP) is -0.149. The summed E-state index contributed by atoms with van der Waals surface area (Å²) in [6.07, 6.45) is 1.86. The van der Waals surface area contributed by atoms with Crippen molar-refractivity contribution in [3.8, 4) is 0 Å². The van der Waals surface area contributed by atoms with Gasteiger partial charge in [0, 0.05) is 30.3 Å². The number of benzene rings is 1. The lowest BCUT2D eigenvalue weighted by molar-refractivity contribution is -0.144. The fourth-order valence-electron chi connectivity index (χ4n) is 5.54. The van der Waals surface area contributed by atoms with Crippen molar-refractivity contribution < 1.29 is 23.9 Å². The van der Waals surface area contributed by atoms with Gasteiger partial charge in [-0.1, -0.05) is 18.2 Å². The number of hydrogen-bond acceptors (Lipinski definition) is 6.